The number of nitrogens with zero attached hydrogens (tertiary/aromatic N) is 1. The molecule has 0 aliphatic heterocycles. The van der Waals surface area contributed by atoms with Gasteiger partial charge in [0.05, 0.1) is 11.7 Å². The normalized spacial score (nSPS) is 35.4. The summed E-state index contributed by atoms with van der Waals surface area (Å²) in [6, 6.07) is 18.7. The highest BCUT2D eigenvalue weighted by Gasteiger charge is 2.76. The minimum absolute atomic E-state index is 0.0727. The molecule has 8 heteroatoms. The molecule has 0 spiro atoms. The monoisotopic (exact) mass is 597 g/mol. The number of carbonyl (C=O) groups is 3. The van der Waals surface area contributed by atoms with Crippen molar-refractivity contribution in [1.82, 2.24) is 0 Å². The Hall–Kier alpha value is -4.09. The number of hydrogen-bond acceptors (Lipinski definition) is 7. The average molecular weight is 598 g/mol. The smallest absolute Gasteiger partial charge is 0.352 e. The lowest BCUT2D eigenvalue weighted by atomic mass is 9.45. The predicted octanol–water partition coefficient (Wildman–Crippen LogP) is 5.61. The SMILES string of the molecule is C[C@]12C=CC(=O)C=C1CC[C@H]1[C@@H]3CC[C@@](OC(=O)c4ccc(Cc5ccccc5)cc4)(C(=O)OCC#N)[C@@]3(C)C[C@H](O)C12F. The first-order valence-corrected chi connectivity index (χ1v) is 15.2. The fourth-order valence-corrected chi connectivity index (χ4v) is 8.76. The third-order valence-electron chi connectivity index (χ3n) is 11.1. The first kappa shape index (κ1) is 30.0. The second-order valence-electron chi connectivity index (χ2n) is 13.1. The van der Waals surface area contributed by atoms with E-state index in [9.17, 15) is 19.5 Å². The maximum atomic E-state index is 17.5. The Morgan fingerprint density at radius 3 is 2.45 bits per heavy atom. The summed E-state index contributed by atoms with van der Waals surface area (Å²) in [7, 11) is 0. The number of aliphatic hydroxyl groups excluding tert-OH is 1. The number of benzene rings is 2. The Labute approximate surface area is 256 Å². The van der Waals surface area contributed by atoms with Gasteiger partial charge in [-0.1, -0.05) is 61.0 Å². The van der Waals surface area contributed by atoms with Crippen molar-refractivity contribution in [1.29, 1.82) is 5.26 Å². The molecule has 0 bridgehead atoms. The molecule has 0 saturated heterocycles. The van der Waals surface area contributed by atoms with Crippen molar-refractivity contribution in [2.75, 3.05) is 6.61 Å². The van der Waals surface area contributed by atoms with Crippen LogP contribution in [-0.2, 0) is 25.5 Å². The van der Waals surface area contributed by atoms with E-state index in [4.69, 9.17) is 14.7 Å². The first-order chi connectivity index (χ1) is 21.0. The molecule has 0 amide bonds. The van der Waals surface area contributed by atoms with E-state index >= 15 is 4.39 Å². The van der Waals surface area contributed by atoms with Crippen LogP contribution in [0.4, 0.5) is 4.39 Å². The van der Waals surface area contributed by atoms with Gasteiger partial charge in [-0.2, -0.15) is 5.26 Å². The van der Waals surface area contributed by atoms with E-state index in [0.29, 0.717) is 31.3 Å². The number of ether oxygens (including phenoxy) is 2. The minimum atomic E-state index is -2.09. The van der Waals surface area contributed by atoms with Gasteiger partial charge in [-0.15, -0.1) is 0 Å². The van der Waals surface area contributed by atoms with Gasteiger partial charge in [0.2, 0.25) is 5.60 Å². The molecule has 7 atom stereocenters. The van der Waals surface area contributed by atoms with Gasteiger partial charge in [0, 0.05) is 16.7 Å². The van der Waals surface area contributed by atoms with Crippen LogP contribution in [0.25, 0.3) is 0 Å². The third-order valence-corrected chi connectivity index (χ3v) is 11.1. The van der Waals surface area contributed by atoms with Gasteiger partial charge < -0.3 is 14.6 Å². The second-order valence-corrected chi connectivity index (χ2v) is 13.1. The lowest BCUT2D eigenvalue weighted by Crippen LogP contribution is -2.69. The average Bonchev–Trinajstić information content (AvgIpc) is 3.29. The maximum absolute atomic E-state index is 17.5. The van der Waals surface area contributed by atoms with E-state index in [1.807, 2.05) is 42.5 Å². The van der Waals surface area contributed by atoms with Crippen molar-refractivity contribution in [3.63, 3.8) is 0 Å². The van der Waals surface area contributed by atoms with E-state index in [-0.39, 0.29) is 24.2 Å². The number of rotatable bonds is 6. The number of fused-ring (bicyclic) bond motifs is 5. The quantitative estimate of drug-likeness (QED) is 0.431. The fraction of sp³-hybridized carbons (Fsp3) is 0.444. The van der Waals surface area contributed by atoms with Gasteiger partial charge in [0.25, 0.3) is 0 Å². The van der Waals surface area contributed by atoms with Crippen LogP contribution in [0.2, 0.25) is 0 Å². The number of ketones is 1. The summed E-state index contributed by atoms with van der Waals surface area (Å²) >= 11 is 0. The fourth-order valence-electron chi connectivity index (χ4n) is 8.76. The molecular formula is C36H36FNO6. The minimum Gasteiger partial charge on any atom is -0.447 e. The predicted molar refractivity (Wildman–Crippen MR) is 159 cm³/mol. The van der Waals surface area contributed by atoms with Crippen molar-refractivity contribution in [2.24, 2.45) is 22.7 Å². The highest BCUT2D eigenvalue weighted by Crippen LogP contribution is 2.70. The van der Waals surface area contributed by atoms with Crippen molar-refractivity contribution >= 4 is 17.7 Å². The van der Waals surface area contributed by atoms with Crippen LogP contribution in [0, 0.1) is 34.0 Å². The Balaban J connectivity index is 1.32. The van der Waals surface area contributed by atoms with Gasteiger partial charge in [0.1, 0.15) is 6.07 Å². The number of aliphatic hydroxyl groups is 1. The van der Waals surface area contributed by atoms with Crippen LogP contribution in [0.15, 0.2) is 78.4 Å². The van der Waals surface area contributed by atoms with E-state index in [0.717, 1.165) is 11.1 Å². The molecule has 44 heavy (non-hydrogen) atoms. The number of halogens is 1. The number of esters is 2. The molecule has 6 rings (SSSR count). The number of alkyl halides is 1. The molecule has 0 heterocycles. The van der Waals surface area contributed by atoms with Crippen LogP contribution < -0.4 is 0 Å². The molecule has 2 aromatic rings. The summed E-state index contributed by atoms with van der Waals surface area (Å²) < 4.78 is 29.0. The standard InChI is InChI=1S/C36H36FNO6/c1-33-16-14-27(39)21-26(33)12-13-29-28-15-17-35(32(42)43-19-18-38,34(28,2)22-30(40)36(29,33)37)44-31(41)25-10-8-24(9-11-25)20-23-6-4-3-5-7-23/h3-11,14,16,21,28-30,40H,12-13,15,17,19-20,22H2,1-2H3/t28-,29-,30-,33-,34-,35+,36?/m0/s1. The molecule has 0 radical (unpaired) electrons. The summed E-state index contributed by atoms with van der Waals surface area (Å²) in [5.74, 6) is -2.89. The van der Waals surface area contributed by atoms with Gasteiger partial charge in [-0.25, -0.2) is 14.0 Å². The number of allylic oxidation sites excluding steroid dienone is 4. The maximum Gasteiger partial charge on any atom is 0.352 e. The zero-order chi connectivity index (χ0) is 31.3. The van der Waals surface area contributed by atoms with Gasteiger partial charge in [0.15, 0.2) is 18.1 Å². The summed E-state index contributed by atoms with van der Waals surface area (Å²) in [6.45, 7) is 2.97. The topological polar surface area (TPSA) is 114 Å². The van der Waals surface area contributed by atoms with Crippen molar-refractivity contribution in [2.45, 2.75) is 69.7 Å². The second kappa shape index (κ2) is 10.8. The van der Waals surface area contributed by atoms with Gasteiger partial charge in [-0.3, -0.25) is 4.79 Å². The Bertz CT molecular complexity index is 1590. The molecule has 4 aliphatic rings. The number of nitriles is 1. The molecule has 7 nitrogen and oxygen atoms in total. The Morgan fingerprint density at radius 2 is 1.75 bits per heavy atom. The first-order valence-electron chi connectivity index (χ1n) is 15.2. The Kier molecular flexibility index (Phi) is 7.36. The molecule has 4 aliphatic carbocycles. The summed E-state index contributed by atoms with van der Waals surface area (Å²) in [4.78, 5) is 39.6. The lowest BCUT2D eigenvalue weighted by molar-refractivity contribution is -0.224. The summed E-state index contributed by atoms with van der Waals surface area (Å²) in [5.41, 5.74) is -3.25. The number of carbonyl (C=O) groups excluding carboxylic acids is 3. The highest BCUT2D eigenvalue weighted by molar-refractivity contribution is 6.01. The molecule has 1 unspecified atom stereocenters. The molecule has 2 aromatic carbocycles. The molecule has 1 N–H and O–H groups in total. The third kappa shape index (κ3) is 4.35. The van der Waals surface area contributed by atoms with E-state index in [2.05, 4.69) is 0 Å². The van der Waals surface area contributed by atoms with E-state index in [1.54, 1.807) is 38.1 Å². The summed E-state index contributed by atoms with van der Waals surface area (Å²) in [5, 5.41) is 20.8. The van der Waals surface area contributed by atoms with E-state index in [1.165, 1.54) is 12.2 Å². The van der Waals surface area contributed by atoms with Gasteiger partial charge in [-0.05, 0) is 86.8 Å². The Morgan fingerprint density at radius 1 is 1.05 bits per heavy atom. The largest absolute Gasteiger partial charge is 0.447 e. The highest BCUT2D eigenvalue weighted by atomic mass is 19.1. The van der Waals surface area contributed by atoms with Crippen LogP contribution in [-0.4, -0.2) is 46.8 Å². The van der Waals surface area contributed by atoms with E-state index < -0.39 is 58.6 Å². The zero-order valence-corrected chi connectivity index (χ0v) is 24.9. The van der Waals surface area contributed by atoms with Crippen LogP contribution >= 0.6 is 0 Å². The summed E-state index contributed by atoms with van der Waals surface area (Å²) in [6.07, 6.45) is 4.70. The lowest BCUT2D eigenvalue weighted by Gasteiger charge is -2.62. The zero-order valence-electron chi connectivity index (χ0n) is 24.9. The number of hydrogen-bond donors (Lipinski definition) is 1. The van der Waals surface area contributed by atoms with Crippen LogP contribution in [0.3, 0.4) is 0 Å². The molecular weight excluding hydrogens is 561 g/mol. The van der Waals surface area contributed by atoms with Gasteiger partial charge >= 0.3 is 11.9 Å². The molecule has 0 aromatic heterocycles. The molecule has 3 saturated carbocycles. The van der Waals surface area contributed by atoms with Crippen LogP contribution in [0.1, 0.15) is 67.4 Å². The van der Waals surface area contributed by atoms with Crippen molar-refractivity contribution in [3.8, 4) is 6.07 Å². The van der Waals surface area contributed by atoms with Crippen molar-refractivity contribution < 1.29 is 33.4 Å². The van der Waals surface area contributed by atoms with Crippen molar-refractivity contribution in [3.05, 3.63) is 95.1 Å². The van der Waals surface area contributed by atoms with Crippen LogP contribution in [0.5, 0.6) is 0 Å². The molecule has 228 valence electrons. The molecule has 3 fully saturated rings.